The lowest BCUT2D eigenvalue weighted by atomic mass is 10.3. The molecule has 1 unspecified atom stereocenters. The molecule has 0 bridgehead atoms. The number of ether oxygens (including phenoxy) is 1. The van der Waals surface area contributed by atoms with E-state index in [-0.39, 0.29) is 17.5 Å². The maximum Gasteiger partial charge on any atom is 0.234 e. The Balaban J connectivity index is 1.63. The van der Waals surface area contributed by atoms with E-state index in [1.54, 1.807) is 0 Å². The number of nitrogens with one attached hydrogen (secondary N) is 1. The first-order valence-electron chi connectivity index (χ1n) is 9.00. The Bertz CT molecular complexity index is 982. The van der Waals surface area contributed by atoms with Gasteiger partial charge in [-0.2, -0.15) is 0 Å². The van der Waals surface area contributed by atoms with Gasteiger partial charge in [-0.25, -0.2) is 8.78 Å². The van der Waals surface area contributed by atoms with Crippen LogP contribution in [0.5, 0.6) is 5.75 Å². The molecule has 0 saturated heterocycles. The number of carbonyl (C=O) groups is 1. The molecular formula is C20H20F2N4O2S. The van der Waals surface area contributed by atoms with Gasteiger partial charge in [-0.1, -0.05) is 30.0 Å². The molecule has 9 heteroatoms. The van der Waals surface area contributed by atoms with Gasteiger partial charge in [0.05, 0.1) is 11.4 Å². The topological polar surface area (TPSA) is 69.0 Å². The number of carbonyl (C=O) groups excluding carboxylic acids is 1. The third kappa shape index (κ3) is 5.32. The van der Waals surface area contributed by atoms with Crippen LogP contribution in [0.1, 0.15) is 25.8 Å². The largest absolute Gasteiger partial charge is 0.483 e. The lowest BCUT2D eigenvalue weighted by molar-refractivity contribution is -0.113. The van der Waals surface area contributed by atoms with Crippen LogP contribution in [0.15, 0.2) is 53.7 Å². The van der Waals surface area contributed by atoms with Crippen molar-refractivity contribution in [2.45, 2.75) is 31.7 Å². The standard InChI is InChI=1S/C20H20F2N4O2S/c1-3-26-19(13(2)28-15-7-5-4-6-8-15)24-25-20(26)29-12-18(27)23-17-10-9-14(21)11-16(17)22/h4-11,13H,3,12H2,1-2H3,(H,23,27). The van der Waals surface area contributed by atoms with Crippen LogP contribution in [0.4, 0.5) is 14.5 Å². The maximum atomic E-state index is 13.7. The molecule has 0 fully saturated rings. The Morgan fingerprint density at radius 3 is 2.66 bits per heavy atom. The Hall–Kier alpha value is -2.94. The number of amides is 1. The minimum atomic E-state index is -0.825. The van der Waals surface area contributed by atoms with E-state index in [2.05, 4.69) is 15.5 Å². The van der Waals surface area contributed by atoms with Crippen molar-refractivity contribution in [3.8, 4) is 5.75 Å². The lowest BCUT2D eigenvalue weighted by Crippen LogP contribution is -2.16. The van der Waals surface area contributed by atoms with Gasteiger partial charge in [0.2, 0.25) is 5.91 Å². The summed E-state index contributed by atoms with van der Waals surface area (Å²) in [6.45, 7) is 4.42. The Labute approximate surface area is 171 Å². The van der Waals surface area contributed by atoms with Gasteiger partial charge < -0.3 is 14.6 Å². The predicted octanol–water partition coefficient (Wildman–Crippen LogP) is 4.45. The summed E-state index contributed by atoms with van der Waals surface area (Å²) in [6, 6.07) is 12.4. The highest BCUT2D eigenvalue weighted by Crippen LogP contribution is 2.24. The average molecular weight is 418 g/mol. The molecule has 1 N–H and O–H groups in total. The highest BCUT2D eigenvalue weighted by Gasteiger charge is 2.19. The van der Waals surface area contributed by atoms with Crippen molar-refractivity contribution in [1.29, 1.82) is 0 Å². The molecule has 3 rings (SSSR count). The summed E-state index contributed by atoms with van der Waals surface area (Å²) in [7, 11) is 0. The number of para-hydroxylation sites is 1. The molecule has 3 aromatic rings. The van der Waals surface area contributed by atoms with E-state index >= 15 is 0 Å². The molecule has 0 radical (unpaired) electrons. The third-order valence-corrected chi connectivity index (χ3v) is 4.99. The number of rotatable bonds is 8. The van der Waals surface area contributed by atoms with Crippen molar-refractivity contribution in [2.75, 3.05) is 11.1 Å². The fourth-order valence-corrected chi connectivity index (χ4v) is 3.48. The number of nitrogens with zero attached hydrogens (tertiary/aromatic N) is 3. The number of hydrogen-bond donors (Lipinski definition) is 1. The molecule has 29 heavy (non-hydrogen) atoms. The van der Waals surface area contributed by atoms with Crippen molar-refractivity contribution in [3.05, 3.63) is 66.0 Å². The van der Waals surface area contributed by atoms with Crippen LogP contribution < -0.4 is 10.1 Å². The molecule has 1 heterocycles. The zero-order valence-corrected chi connectivity index (χ0v) is 16.7. The van der Waals surface area contributed by atoms with Crippen LogP contribution in [0.25, 0.3) is 0 Å². The highest BCUT2D eigenvalue weighted by molar-refractivity contribution is 7.99. The van der Waals surface area contributed by atoms with E-state index in [0.717, 1.165) is 17.9 Å². The SMILES string of the molecule is CCn1c(SCC(=O)Nc2ccc(F)cc2F)nnc1C(C)Oc1ccccc1. The zero-order valence-electron chi connectivity index (χ0n) is 15.9. The van der Waals surface area contributed by atoms with Gasteiger partial charge in [-0.15, -0.1) is 10.2 Å². The number of thioether (sulfide) groups is 1. The number of hydrogen-bond acceptors (Lipinski definition) is 5. The molecule has 0 aliphatic heterocycles. The van der Waals surface area contributed by atoms with Gasteiger partial charge in [-0.3, -0.25) is 4.79 Å². The first-order chi connectivity index (χ1) is 14.0. The average Bonchev–Trinajstić information content (AvgIpc) is 3.12. The van der Waals surface area contributed by atoms with Gasteiger partial charge in [0, 0.05) is 12.6 Å². The zero-order chi connectivity index (χ0) is 20.8. The van der Waals surface area contributed by atoms with Crippen LogP contribution in [-0.2, 0) is 11.3 Å². The second-order valence-electron chi connectivity index (χ2n) is 6.12. The first-order valence-corrected chi connectivity index (χ1v) is 9.99. The van der Waals surface area contributed by atoms with Crippen molar-refractivity contribution in [1.82, 2.24) is 14.8 Å². The monoisotopic (exact) mass is 418 g/mol. The maximum absolute atomic E-state index is 13.7. The van der Waals surface area contributed by atoms with Gasteiger partial charge in [0.15, 0.2) is 17.1 Å². The molecule has 152 valence electrons. The Morgan fingerprint density at radius 1 is 1.21 bits per heavy atom. The van der Waals surface area contributed by atoms with Gasteiger partial charge in [0.1, 0.15) is 17.4 Å². The predicted molar refractivity (Wildman–Crippen MR) is 107 cm³/mol. The Morgan fingerprint density at radius 2 is 1.97 bits per heavy atom. The Kier molecular flexibility index (Phi) is 6.82. The van der Waals surface area contributed by atoms with E-state index in [1.807, 2.05) is 48.7 Å². The van der Waals surface area contributed by atoms with E-state index in [0.29, 0.717) is 17.5 Å². The molecule has 0 aliphatic carbocycles. The third-order valence-electron chi connectivity index (χ3n) is 4.02. The van der Waals surface area contributed by atoms with E-state index in [9.17, 15) is 13.6 Å². The van der Waals surface area contributed by atoms with Crippen LogP contribution in [0.3, 0.4) is 0 Å². The minimum absolute atomic E-state index is 0.00285. The van der Waals surface area contributed by atoms with Crippen LogP contribution in [0, 0.1) is 11.6 Å². The first kappa shape index (κ1) is 20.8. The molecule has 1 aromatic heterocycles. The van der Waals surface area contributed by atoms with Crippen molar-refractivity contribution in [3.63, 3.8) is 0 Å². The second-order valence-corrected chi connectivity index (χ2v) is 7.06. The molecule has 1 atom stereocenters. The van der Waals surface area contributed by atoms with Gasteiger partial charge in [-0.05, 0) is 38.1 Å². The van der Waals surface area contributed by atoms with E-state index < -0.39 is 17.5 Å². The summed E-state index contributed by atoms with van der Waals surface area (Å²) >= 11 is 1.18. The van der Waals surface area contributed by atoms with Crippen LogP contribution in [0.2, 0.25) is 0 Å². The molecular weight excluding hydrogens is 398 g/mol. The quantitative estimate of drug-likeness (QED) is 0.548. The molecule has 1 amide bonds. The van der Waals surface area contributed by atoms with Crippen molar-refractivity contribution >= 4 is 23.4 Å². The fraction of sp³-hybridized carbons (Fsp3) is 0.250. The van der Waals surface area contributed by atoms with Gasteiger partial charge in [0.25, 0.3) is 0 Å². The van der Waals surface area contributed by atoms with E-state index in [1.165, 1.54) is 17.8 Å². The molecule has 6 nitrogen and oxygen atoms in total. The number of halogens is 2. The molecule has 0 spiro atoms. The van der Waals surface area contributed by atoms with Crippen LogP contribution >= 0.6 is 11.8 Å². The summed E-state index contributed by atoms with van der Waals surface area (Å²) in [6.07, 6.45) is -0.332. The van der Waals surface area contributed by atoms with Gasteiger partial charge >= 0.3 is 0 Å². The molecule has 0 aliphatic rings. The summed E-state index contributed by atoms with van der Waals surface area (Å²) in [4.78, 5) is 12.1. The lowest BCUT2D eigenvalue weighted by Gasteiger charge is -2.15. The summed E-state index contributed by atoms with van der Waals surface area (Å²) in [5, 5.41) is 11.3. The highest BCUT2D eigenvalue weighted by atomic mass is 32.2. The second kappa shape index (κ2) is 9.51. The van der Waals surface area contributed by atoms with Crippen molar-refractivity contribution < 1.29 is 18.3 Å². The van der Waals surface area contributed by atoms with E-state index in [4.69, 9.17) is 4.74 Å². The number of anilines is 1. The number of benzene rings is 2. The number of aromatic nitrogens is 3. The molecule has 2 aromatic carbocycles. The van der Waals surface area contributed by atoms with Crippen molar-refractivity contribution in [2.24, 2.45) is 0 Å². The minimum Gasteiger partial charge on any atom is -0.483 e. The summed E-state index contributed by atoms with van der Waals surface area (Å²) in [5.41, 5.74) is -0.0699. The van der Waals surface area contributed by atoms with Crippen LogP contribution in [-0.4, -0.2) is 26.4 Å². The smallest absolute Gasteiger partial charge is 0.234 e. The summed E-state index contributed by atoms with van der Waals surface area (Å²) in [5.74, 6) is -0.590. The molecule has 0 saturated carbocycles. The fourth-order valence-electron chi connectivity index (χ4n) is 2.67. The summed E-state index contributed by atoms with van der Waals surface area (Å²) < 4.78 is 34.4. The normalized spacial score (nSPS) is 11.9.